The summed E-state index contributed by atoms with van der Waals surface area (Å²) in [5, 5.41) is 5.58. The number of amides is 3. The van der Waals surface area contributed by atoms with Gasteiger partial charge >= 0.3 is 0 Å². The number of fused-ring (bicyclic) bond motifs is 1. The Bertz CT molecular complexity index is 539. The maximum atomic E-state index is 12.1. The lowest BCUT2D eigenvalue weighted by Crippen LogP contribution is -2.41. The number of carbonyl (C=O) groups excluding carboxylic acids is 3. The first-order valence-electron chi connectivity index (χ1n) is 7.06. The van der Waals surface area contributed by atoms with Crippen LogP contribution in [-0.2, 0) is 9.53 Å². The minimum atomic E-state index is -0.312. The number of nitrogens with one attached hydrogen (secondary N) is 2. The molecule has 22 heavy (non-hydrogen) atoms. The number of hydrogen-bond donors (Lipinski definition) is 2. The number of carbonyl (C=O) groups is 3. The van der Waals surface area contributed by atoms with Crippen LogP contribution in [0.1, 0.15) is 20.7 Å². The molecule has 0 spiro atoms. The van der Waals surface area contributed by atoms with Crippen LogP contribution in [0.25, 0.3) is 0 Å². The van der Waals surface area contributed by atoms with E-state index in [4.69, 9.17) is 4.74 Å². The van der Waals surface area contributed by atoms with Gasteiger partial charge in [-0.05, 0) is 12.1 Å². The van der Waals surface area contributed by atoms with Crippen molar-refractivity contribution in [2.75, 3.05) is 39.9 Å². The van der Waals surface area contributed by atoms with Gasteiger partial charge in [0.15, 0.2) is 0 Å². The smallest absolute Gasteiger partial charge is 0.261 e. The fourth-order valence-corrected chi connectivity index (χ4v) is 2.19. The molecule has 0 radical (unpaired) electrons. The molecule has 0 unspecified atom stereocenters. The molecule has 3 amide bonds. The Hall–Kier alpha value is -2.25. The number of methoxy groups -OCH3 is 1. The van der Waals surface area contributed by atoms with E-state index in [2.05, 4.69) is 10.6 Å². The molecule has 7 nitrogen and oxygen atoms in total. The average molecular weight is 305 g/mol. The van der Waals surface area contributed by atoms with Crippen molar-refractivity contribution in [3.05, 3.63) is 35.4 Å². The zero-order valence-electron chi connectivity index (χ0n) is 12.4. The zero-order chi connectivity index (χ0) is 15.9. The second kappa shape index (κ2) is 7.67. The van der Waals surface area contributed by atoms with Gasteiger partial charge in [-0.15, -0.1) is 0 Å². The molecule has 118 valence electrons. The van der Waals surface area contributed by atoms with E-state index in [1.165, 1.54) is 0 Å². The summed E-state index contributed by atoms with van der Waals surface area (Å²) in [4.78, 5) is 36.9. The minimum Gasteiger partial charge on any atom is -0.383 e. The van der Waals surface area contributed by atoms with Crippen molar-refractivity contribution >= 4 is 17.7 Å². The number of hydrogen-bond acceptors (Lipinski definition) is 5. The highest BCUT2D eigenvalue weighted by molar-refractivity contribution is 6.21. The Labute approximate surface area is 128 Å². The van der Waals surface area contributed by atoms with E-state index in [0.717, 1.165) is 4.90 Å². The number of rotatable bonds is 8. The predicted molar refractivity (Wildman–Crippen MR) is 79.6 cm³/mol. The third kappa shape index (κ3) is 3.69. The van der Waals surface area contributed by atoms with Gasteiger partial charge in [-0.25, -0.2) is 0 Å². The van der Waals surface area contributed by atoms with Crippen molar-refractivity contribution in [2.45, 2.75) is 0 Å². The number of ether oxygens (including phenoxy) is 1. The Morgan fingerprint density at radius 2 is 1.77 bits per heavy atom. The van der Waals surface area contributed by atoms with Crippen molar-refractivity contribution in [1.29, 1.82) is 0 Å². The molecule has 1 aliphatic rings. The van der Waals surface area contributed by atoms with Crippen LogP contribution in [0.2, 0.25) is 0 Å². The highest BCUT2D eigenvalue weighted by Crippen LogP contribution is 2.21. The van der Waals surface area contributed by atoms with Gasteiger partial charge in [-0.2, -0.15) is 0 Å². The lowest BCUT2D eigenvalue weighted by molar-refractivity contribution is -0.120. The third-order valence-corrected chi connectivity index (χ3v) is 3.30. The van der Waals surface area contributed by atoms with Crippen LogP contribution < -0.4 is 10.6 Å². The quantitative estimate of drug-likeness (QED) is 0.506. The molecule has 2 N–H and O–H groups in total. The second-order valence-electron chi connectivity index (χ2n) is 4.83. The van der Waals surface area contributed by atoms with Crippen LogP contribution in [0.5, 0.6) is 0 Å². The molecule has 0 bridgehead atoms. The van der Waals surface area contributed by atoms with Gasteiger partial charge in [0.25, 0.3) is 11.8 Å². The molecular formula is C15H19N3O4. The van der Waals surface area contributed by atoms with Crippen molar-refractivity contribution in [3.8, 4) is 0 Å². The van der Waals surface area contributed by atoms with Crippen LogP contribution in [-0.4, -0.2) is 62.5 Å². The maximum Gasteiger partial charge on any atom is 0.261 e. The Balaban J connectivity index is 1.75. The summed E-state index contributed by atoms with van der Waals surface area (Å²) in [5.74, 6) is -0.811. The van der Waals surface area contributed by atoms with Crippen LogP contribution in [0.4, 0.5) is 0 Å². The summed E-state index contributed by atoms with van der Waals surface area (Å²) in [6, 6.07) is 6.71. The third-order valence-electron chi connectivity index (χ3n) is 3.30. The molecule has 0 aliphatic carbocycles. The number of imide groups is 1. The first-order chi connectivity index (χ1) is 10.6. The first kappa shape index (κ1) is 16.1. The topological polar surface area (TPSA) is 87.7 Å². The van der Waals surface area contributed by atoms with Crippen molar-refractivity contribution in [1.82, 2.24) is 15.5 Å². The Morgan fingerprint density at radius 1 is 1.14 bits per heavy atom. The Kier molecular flexibility index (Phi) is 5.62. The van der Waals surface area contributed by atoms with Gasteiger partial charge in [0.2, 0.25) is 5.91 Å². The van der Waals surface area contributed by atoms with Gasteiger partial charge in [-0.3, -0.25) is 19.3 Å². The highest BCUT2D eigenvalue weighted by Gasteiger charge is 2.34. The molecule has 7 heteroatoms. The molecule has 0 atom stereocenters. The van der Waals surface area contributed by atoms with E-state index in [0.29, 0.717) is 24.3 Å². The van der Waals surface area contributed by atoms with Crippen molar-refractivity contribution in [3.63, 3.8) is 0 Å². The van der Waals surface area contributed by atoms with Crippen LogP contribution in [0.3, 0.4) is 0 Å². The SMILES string of the molecule is COCCNCC(=O)NCCN1C(=O)c2ccccc2C1=O. The standard InChI is InChI=1S/C15H19N3O4/c1-22-9-7-16-10-13(19)17-6-8-18-14(20)11-4-2-3-5-12(11)15(18)21/h2-5,16H,6-10H2,1H3,(H,17,19). The molecule has 2 rings (SSSR count). The molecule has 1 heterocycles. The first-order valence-corrected chi connectivity index (χ1v) is 7.06. The van der Waals surface area contributed by atoms with Gasteiger partial charge in [0.05, 0.1) is 24.3 Å². The van der Waals surface area contributed by atoms with Crippen LogP contribution in [0, 0.1) is 0 Å². The summed E-state index contributed by atoms with van der Waals surface area (Å²) in [7, 11) is 1.59. The summed E-state index contributed by atoms with van der Waals surface area (Å²) in [5.41, 5.74) is 0.833. The van der Waals surface area contributed by atoms with Crippen molar-refractivity contribution in [2.24, 2.45) is 0 Å². The zero-order valence-corrected chi connectivity index (χ0v) is 12.4. The summed E-state index contributed by atoms with van der Waals surface area (Å²) >= 11 is 0. The lowest BCUT2D eigenvalue weighted by atomic mass is 10.1. The highest BCUT2D eigenvalue weighted by atomic mass is 16.5. The van der Waals surface area contributed by atoms with E-state index in [-0.39, 0.29) is 37.4 Å². The fraction of sp³-hybridized carbons (Fsp3) is 0.400. The lowest BCUT2D eigenvalue weighted by Gasteiger charge is -2.14. The van der Waals surface area contributed by atoms with E-state index in [9.17, 15) is 14.4 Å². The molecule has 1 aliphatic heterocycles. The van der Waals surface area contributed by atoms with E-state index >= 15 is 0 Å². The molecule has 0 saturated carbocycles. The molecule has 1 aromatic rings. The molecule has 1 aromatic carbocycles. The summed E-state index contributed by atoms with van der Waals surface area (Å²) in [6.45, 7) is 1.68. The fourth-order valence-electron chi connectivity index (χ4n) is 2.19. The summed E-state index contributed by atoms with van der Waals surface area (Å²) < 4.78 is 4.85. The second-order valence-corrected chi connectivity index (χ2v) is 4.83. The molecular weight excluding hydrogens is 286 g/mol. The van der Waals surface area contributed by atoms with Gasteiger partial charge < -0.3 is 15.4 Å². The van der Waals surface area contributed by atoms with Gasteiger partial charge in [0.1, 0.15) is 0 Å². The largest absolute Gasteiger partial charge is 0.383 e. The average Bonchev–Trinajstić information content (AvgIpc) is 2.77. The normalized spacial score (nSPS) is 13.4. The monoisotopic (exact) mass is 305 g/mol. The van der Waals surface area contributed by atoms with E-state index in [1.54, 1.807) is 31.4 Å². The Morgan fingerprint density at radius 3 is 2.36 bits per heavy atom. The van der Waals surface area contributed by atoms with Gasteiger partial charge in [-0.1, -0.05) is 12.1 Å². The van der Waals surface area contributed by atoms with Crippen molar-refractivity contribution < 1.29 is 19.1 Å². The summed E-state index contributed by atoms with van der Waals surface area (Å²) in [6.07, 6.45) is 0. The predicted octanol–water partition coefficient (Wildman–Crippen LogP) is -0.365. The van der Waals surface area contributed by atoms with Gasteiger partial charge in [0, 0.05) is 26.7 Å². The van der Waals surface area contributed by atoms with Crippen LogP contribution >= 0.6 is 0 Å². The van der Waals surface area contributed by atoms with E-state index in [1.807, 2.05) is 0 Å². The maximum absolute atomic E-state index is 12.1. The molecule has 0 fully saturated rings. The number of nitrogens with zero attached hydrogens (tertiary/aromatic N) is 1. The number of benzene rings is 1. The molecule has 0 aromatic heterocycles. The minimum absolute atomic E-state index is 0.163. The molecule has 0 saturated heterocycles. The van der Waals surface area contributed by atoms with E-state index < -0.39 is 0 Å². The van der Waals surface area contributed by atoms with Crippen LogP contribution in [0.15, 0.2) is 24.3 Å².